The summed E-state index contributed by atoms with van der Waals surface area (Å²) in [5.41, 5.74) is -1.83. The van der Waals surface area contributed by atoms with E-state index in [0.717, 1.165) is 12.1 Å². The van der Waals surface area contributed by atoms with Crippen molar-refractivity contribution >= 4 is 29.9 Å². The molecular weight excluding hydrogens is 347 g/mol. The van der Waals surface area contributed by atoms with Crippen molar-refractivity contribution in [2.75, 3.05) is 0 Å². The minimum atomic E-state index is -4.72. The van der Waals surface area contributed by atoms with Gasteiger partial charge in [0.2, 0.25) is 8.32 Å². The van der Waals surface area contributed by atoms with Crippen LogP contribution in [0.5, 0.6) is 5.75 Å². The maximum absolute atomic E-state index is 12.9. The van der Waals surface area contributed by atoms with Gasteiger partial charge in [-0.25, -0.2) is 0 Å². The number of benzene rings is 1. The molecule has 0 unspecified atom stereocenters. The molecule has 0 spiro atoms. The number of nitro groups is 1. The molecule has 0 aliphatic rings. The number of nitro benzene ring substituents is 1. The van der Waals surface area contributed by atoms with Gasteiger partial charge in [0.05, 0.1) is 4.92 Å². The molecule has 0 atom stereocenters. The molecule has 0 radical (unpaired) electrons. The van der Waals surface area contributed by atoms with Gasteiger partial charge in [-0.2, -0.15) is 13.2 Å². The van der Waals surface area contributed by atoms with Gasteiger partial charge < -0.3 is 4.43 Å². The number of nitrogens with zero attached hydrogens (tertiary/aromatic N) is 1. The quantitative estimate of drug-likeness (QED) is 0.451. The van der Waals surface area contributed by atoms with Crippen molar-refractivity contribution in [3.8, 4) is 5.75 Å². The van der Waals surface area contributed by atoms with Crippen LogP contribution in [0.15, 0.2) is 16.6 Å². The summed E-state index contributed by atoms with van der Waals surface area (Å²) >= 11 is 2.84. The SMILES string of the molecule is C[Si](C)(C)Oc1c([N+](=O)[O-])cc(Br)cc1C(F)(F)F. The molecule has 0 heterocycles. The average Bonchev–Trinajstić information content (AvgIpc) is 2.16. The Morgan fingerprint density at radius 2 is 1.84 bits per heavy atom. The Morgan fingerprint density at radius 1 is 1.32 bits per heavy atom. The van der Waals surface area contributed by atoms with Crippen LogP contribution in [0.4, 0.5) is 18.9 Å². The minimum absolute atomic E-state index is 0.0190. The molecule has 0 saturated carbocycles. The maximum atomic E-state index is 12.9. The lowest BCUT2D eigenvalue weighted by Gasteiger charge is -2.22. The molecule has 0 N–H and O–H groups in total. The summed E-state index contributed by atoms with van der Waals surface area (Å²) in [5, 5.41) is 10.9. The van der Waals surface area contributed by atoms with Crippen molar-refractivity contribution in [1.82, 2.24) is 0 Å². The third kappa shape index (κ3) is 4.20. The highest BCUT2D eigenvalue weighted by Crippen LogP contribution is 2.44. The molecule has 4 nitrogen and oxygen atoms in total. The number of rotatable bonds is 3. The van der Waals surface area contributed by atoms with Crippen molar-refractivity contribution in [2.24, 2.45) is 0 Å². The van der Waals surface area contributed by atoms with Crippen LogP contribution < -0.4 is 4.43 Å². The lowest BCUT2D eigenvalue weighted by atomic mass is 10.1. The first kappa shape index (κ1) is 16.0. The monoisotopic (exact) mass is 357 g/mol. The molecule has 19 heavy (non-hydrogen) atoms. The topological polar surface area (TPSA) is 52.4 Å². The van der Waals surface area contributed by atoms with E-state index in [4.69, 9.17) is 4.43 Å². The molecule has 106 valence electrons. The second-order valence-corrected chi connectivity index (χ2v) is 10.1. The second-order valence-electron chi connectivity index (χ2n) is 4.77. The van der Waals surface area contributed by atoms with Crippen molar-refractivity contribution in [2.45, 2.75) is 25.8 Å². The van der Waals surface area contributed by atoms with Gasteiger partial charge in [0.25, 0.3) is 0 Å². The van der Waals surface area contributed by atoms with Crippen LogP contribution in [-0.4, -0.2) is 13.2 Å². The molecule has 0 bridgehead atoms. The number of hydrogen-bond acceptors (Lipinski definition) is 3. The highest BCUT2D eigenvalue weighted by Gasteiger charge is 2.40. The number of hydrogen-bond donors (Lipinski definition) is 0. The van der Waals surface area contributed by atoms with Crippen molar-refractivity contribution in [3.63, 3.8) is 0 Å². The molecule has 0 amide bonds. The molecule has 0 aliphatic heterocycles. The predicted molar refractivity (Wildman–Crippen MR) is 69.8 cm³/mol. The van der Waals surface area contributed by atoms with Gasteiger partial charge in [-0.3, -0.25) is 10.1 Å². The van der Waals surface area contributed by atoms with E-state index in [1.807, 2.05) is 0 Å². The first-order valence-corrected chi connectivity index (χ1v) is 9.36. The van der Waals surface area contributed by atoms with Crippen LogP contribution in [0, 0.1) is 10.1 Å². The Hall–Kier alpha value is -1.09. The fraction of sp³-hybridized carbons (Fsp3) is 0.400. The van der Waals surface area contributed by atoms with Crippen LogP contribution in [0.1, 0.15) is 5.56 Å². The molecule has 1 rings (SSSR count). The van der Waals surface area contributed by atoms with Crippen LogP contribution in [-0.2, 0) is 6.18 Å². The van der Waals surface area contributed by atoms with Crippen LogP contribution in [0.2, 0.25) is 19.6 Å². The summed E-state index contributed by atoms with van der Waals surface area (Å²) in [6.45, 7) is 4.96. The summed E-state index contributed by atoms with van der Waals surface area (Å²) in [4.78, 5) is 10.0. The molecule has 0 fully saturated rings. The summed E-state index contributed by atoms with van der Waals surface area (Å²) in [5.74, 6) is -0.708. The Morgan fingerprint density at radius 3 is 2.21 bits per heavy atom. The fourth-order valence-corrected chi connectivity index (χ4v) is 2.61. The van der Waals surface area contributed by atoms with Gasteiger partial charge in [-0.05, 0) is 25.7 Å². The predicted octanol–water partition coefficient (Wildman–Crippen LogP) is 4.59. The molecular formula is C10H11BrF3NO3Si. The van der Waals surface area contributed by atoms with Crippen LogP contribution in [0.3, 0.4) is 0 Å². The lowest BCUT2D eigenvalue weighted by molar-refractivity contribution is -0.385. The third-order valence-corrected chi connectivity index (χ3v) is 3.22. The van der Waals surface area contributed by atoms with Gasteiger partial charge >= 0.3 is 11.9 Å². The van der Waals surface area contributed by atoms with E-state index < -0.39 is 36.4 Å². The Labute approximate surface area is 117 Å². The largest absolute Gasteiger partial charge is 0.539 e. The van der Waals surface area contributed by atoms with E-state index in [2.05, 4.69) is 15.9 Å². The summed E-state index contributed by atoms with van der Waals surface area (Å²) < 4.78 is 44.1. The first-order chi connectivity index (χ1) is 8.42. The molecule has 0 saturated heterocycles. The zero-order valence-corrected chi connectivity index (χ0v) is 12.9. The Kier molecular flexibility index (Phi) is 4.30. The zero-order chi connectivity index (χ0) is 15.0. The van der Waals surface area contributed by atoms with Crippen molar-refractivity contribution < 1.29 is 22.5 Å². The second kappa shape index (κ2) is 5.12. The summed E-state index contributed by atoms with van der Waals surface area (Å²) in [6.07, 6.45) is -4.72. The zero-order valence-electron chi connectivity index (χ0n) is 10.3. The van der Waals surface area contributed by atoms with E-state index in [-0.39, 0.29) is 4.47 Å². The minimum Gasteiger partial charge on any atom is -0.539 e. The molecule has 9 heteroatoms. The highest BCUT2D eigenvalue weighted by atomic mass is 79.9. The van der Waals surface area contributed by atoms with E-state index >= 15 is 0 Å². The van der Waals surface area contributed by atoms with Gasteiger partial charge in [-0.1, -0.05) is 15.9 Å². The number of alkyl halides is 3. The maximum Gasteiger partial charge on any atom is 0.420 e. The van der Waals surface area contributed by atoms with Crippen LogP contribution >= 0.6 is 15.9 Å². The van der Waals surface area contributed by atoms with Crippen molar-refractivity contribution in [3.05, 3.63) is 32.3 Å². The fourth-order valence-electron chi connectivity index (χ4n) is 1.34. The molecule has 0 aliphatic carbocycles. The van der Waals surface area contributed by atoms with E-state index in [1.165, 1.54) is 0 Å². The Balaban J connectivity index is 3.57. The summed E-state index contributed by atoms with van der Waals surface area (Å²) in [6, 6.07) is 1.78. The smallest absolute Gasteiger partial charge is 0.420 e. The average molecular weight is 358 g/mol. The van der Waals surface area contributed by atoms with Crippen LogP contribution in [0.25, 0.3) is 0 Å². The van der Waals surface area contributed by atoms with E-state index in [9.17, 15) is 23.3 Å². The van der Waals surface area contributed by atoms with Crippen molar-refractivity contribution in [1.29, 1.82) is 0 Å². The highest BCUT2D eigenvalue weighted by molar-refractivity contribution is 9.10. The van der Waals surface area contributed by atoms with Gasteiger partial charge in [-0.15, -0.1) is 0 Å². The lowest BCUT2D eigenvalue weighted by Crippen LogP contribution is -2.31. The van der Waals surface area contributed by atoms with E-state index in [0.29, 0.717) is 0 Å². The molecule has 0 aromatic heterocycles. The summed E-state index contributed by atoms with van der Waals surface area (Å²) in [7, 11) is -2.42. The number of halogens is 4. The van der Waals surface area contributed by atoms with Gasteiger partial charge in [0, 0.05) is 10.5 Å². The van der Waals surface area contributed by atoms with E-state index in [1.54, 1.807) is 19.6 Å². The third-order valence-electron chi connectivity index (χ3n) is 1.94. The standard InChI is InChI=1S/C10H11BrF3NO3Si/c1-19(2,3)18-9-7(10(12,13)14)4-6(11)5-8(9)15(16)17/h4-5H,1-3H3. The van der Waals surface area contributed by atoms with Gasteiger partial charge in [0.1, 0.15) is 5.56 Å². The molecule has 1 aromatic rings. The molecule has 1 aromatic carbocycles. The normalized spacial score (nSPS) is 12.4. The Bertz CT molecular complexity index is 514. The first-order valence-electron chi connectivity index (χ1n) is 5.16. The van der Waals surface area contributed by atoms with Gasteiger partial charge in [0.15, 0.2) is 5.75 Å².